The van der Waals surface area contributed by atoms with Crippen molar-refractivity contribution >= 4 is 0 Å². The lowest BCUT2D eigenvalue weighted by Crippen LogP contribution is -2.29. The molecule has 0 saturated heterocycles. The van der Waals surface area contributed by atoms with E-state index in [1.165, 1.54) is 12.0 Å². The predicted octanol–water partition coefficient (Wildman–Crippen LogP) is 3.78. The quantitative estimate of drug-likeness (QED) is 0.888. The molecule has 3 nitrogen and oxygen atoms in total. The van der Waals surface area contributed by atoms with Crippen LogP contribution in [-0.2, 0) is 6.54 Å². The fraction of sp³-hybridized carbons (Fsp3) is 0.706. The third-order valence-corrected chi connectivity index (χ3v) is 4.00. The van der Waals surface area contributed by atoms with Gasteiger partial charge in [-0.25, -0.2) is 0 Å². The molecule has 2 atom stereocenters. The summed E-state index contributed by atoms with van der Waals surface area (Å²) in [5.74, 6) is 2.47. The van der Waals surface area contributed by atoms with Crippen molar-refractivity contribution in [3.05, 3.63) is 24.0 Å². The van der Waals surface area contributed by atoms with Gasteiger partial charge < -0.3 is 10.1 Å². The molecule has 20 heavy (non-hydrogen) atoms. The molecule has 1 aromatic rings. The van der Waals surface area contributed by atoms with Crippen LogP contribution in [0.4, 0.5) is 0 Å². The summed E-state index contributed by atoms with van der Waals surface area (Å²) in [6.45, 7) is 9.82. The van der Waals surface area contributed by atoms with Crippen molar-refractivity contribution in [2.75, 3.05) is 0 Å². The van der Waals surface area contributed by atoms with Crippen LogP contribution < -0.4 is 10.1 Å². The van der Waals surface area contributed by atoms with Crippen molar-refractivity contribution in [1.29, 1.82) is 0 Å². The Labute approximate surface area is 123 Å². The van der Waals surface area contributed by atoms with Gasteiger partial charge in [0.2, 0.25) is 0 Å². The van der Waals surface area contributed by atoms with Crippen LogP contribution in [0.1, 0.15) is 52.5 Å². The maximum absolute atomic E-state index is 6.26. The molecule has 1 heterocycles. The smallest absolute Gasteiger partial charge is 0.142 e. The highest BCUT2D eigenvalue weighted by Crippen LogP contribution is 2.32. The normalized spacial score (nSPS) is 26.8. The van der Waals surface area contributed by atoms with E-state index < -0.39 is 0 Å². The molecular weight excluding hydrogens is 248 g/mol. The average molecular weight is 276 g/mol. The summed E-state index contributed by atoms with van der Waals surface area (Å²) in [6, 6.07) is 2.53. The Kier molecular flexibility index (Phi) is 5.41. The van der Waals surface area contributed by atoms with E-state index in [-0.39, 0.29) is 0 Å². The van der Waals surface area contributed by atoms with Gasteiger partial charge >= 0.3 is 0 Å². The van der Waals surface area contributed by atoms with Gasteiger partial charge in [0.25, 0.3) is 0 Å². The standard InChI is InChI=1S/C17H28N2O/c1-12(2)19-10-15-5-6-18-11-17(15)20-16-8-13(3)7-14(4)9-16/h5-6,11-14,16,19H,7-10H2,1-4H3. The summed E-state index contributed by atoms with van der Waals surface area (Å²) in [4.78, 5) is 4.22. The third-order valence-electron chi connectivity index (χ3n) is 4.00. The molecule has 2 unspecified atom stereocenters. The predicted molar refractivity (Wildman–Crippen MR) is 82.8 cm³/mol. The molecule has 1 fully saturated rings. The topological polar surface area (TPSA) is 34.1 Å². The van der Waals surface area contributed by atoms with Gasteiger partial charge in [0.05, 0.1) is 12.3 Å². The van der Waals surface area contributed by atoms with Crippen LogP contribution in [0.25, 0.3) is 0 Å². The van der Waals surface area contributed by atoms with Crippen LogP contribution in [-0.4, -0.2) is 17.1 Å². The summed E-state index contributed by atoms with van der Waals surface area (Å²) >= 11 is 0. The van der Waals surface area contributed by atoms with Gasteiger partial charge in [0, 0.05) is 24.3 Å². The van der Waals surface area contributed by atoms with Gasteiger partial charge in [0.1, 0.15) is 5.75 Å². The van der Waals surface area contributed by atoms with Crippen molar-refractivity contribution in [3.63, 3.8) is 0 Å². The highest BCUT2D eigenvalue weighted by atomic mass is 16.5. The first-order valence-electron chi connectivity index (χ1n) is 7.87. The minimum Gasteiger partial charge on any atom is -0.488 e. The Morgan fingerprint density at radius 2 is 1.95 bits per heavy atom. The summed E-state index contributed by atoms with van der Waals surface area (Å²) in [6.07, 6.45) is 7.70. The van der Waals surface area contributed by atoms with Crippen LogP contribution in [0.5, 0.6) is 5.75 Å². The van der Waals surface area contributed by atoms with Gasteiger partial charge in [-0.1, -0.05) is 27.7 Å². The molecule has 0 spiro atoms. The highest BCUT2D eigenvalue weighted by Gasteiger charge is 2.25. The van der Waals surface area contributed by atoms with Crippen LogP contribution >= 0.6 is 0 Å². The number of aromatic nitrogens is 1. The van der Waals surface area contributed by atoms with Crippen molar-refractivity contribution in [2.45, 2.75) is 65.6 Å². The number of pyridine rings is 1. The number of hydrogen-bond acceptors (Lipinski definition) is 3. The second-order valence-electron chi connectivity index (χ2n) is 6.68. The zero-order valence-corrected chi connectivity index (χ0v) is 13.2. The van der Waals surface area contributed by atoms with Crippen molar-refractivity contribution in [3.8, 4) is 5.75 Å². The van der Waals surface area contributed by atoms with Crippen LogP contribution in [0.2, 0.25) is 0 Å². The average Bonchev–Trinajstić information content (AvgIpc) is 2.36. The molecule has 0 radical (unpaired) electrons. The molecule has 3 heteroatoms. The second kappa shape index (κ2) is 7.07. The minimum atomic E-state index is 0.343. The highest BCUT2D eigenvalue weighted by molar-refractivity contribution is 5.30. The number of rotatable bonds is 5. The molecule has 0 aromatic carbocycles. The summed E-state index contributed by atoms with van der Waals surface area (Å²) in [5.41, 5.74) is 1.21. The van der Waals surface area contributed by atoms with Crippen molar-refractivity contribution in [1.82, 2.24) is 10.3 Å². The maximum Gasteiger partial charge on any atom is 0.142 e. The molecule has 1 aliphatic rings. The molecule has 1 aromatic heterocycles. The molecule has 1 N–H and O–H groups in total. The molecule has 0 bridgehead atoms. The molecule has 2 rings (SSSR count). The molecule has 1 aliphatic carbocycles. The van der Waals surface area contributed by atoms with Crippen molar-refractivity contribution < 1.29 is 4.74 Å². The monoisotopic (exact) mass is 276 g/mol. The SMILES string of the molecule is CC1CC(C)CC(Oc2cnccc2CNC(C)C)C1. The number of nitrogens with zero attached hydrogens (tertiary/aromatic N) is 1. The minimum absolute atomic E-state index is 0.343. The van der Waals surface area contributed by atoms with Gasteiger partial charge in [0.15, 0.2) is 0 Å². The van der Waals surface area contributed by atoms with Gasteiger partial charge in [-0.3, -0.25) is 4.98 Å². The summed E-state index contributed by atoms with van der Waals surface area (Å²) < 4.78 is 6.26. The Morgan fingerprint density at radius 3 is 2.60 bits per heavy atom. The van der Waals surface area contributed by atoms with E-state index in [9.17, 15) is 0 Å². The zero-order chi connectivity index (χ0) is 14.5. The van der Waals surface area contributed by atoms with E-state index in [1.807, 2.05) is 12.4 Å². The zero-order valence-electron chi connectivity index (χ0n) is 13.2. The Morgan fingerprint density at radius 1 is 1.25 bits per heavy atom. The van der Waals surface area contributed by atoms with Crippen LogP contribution in [0.15, 0.2) is 18.5 Å². The number of ether oxygens (including phenoxy) is 1. The van der Waals surface area contributed by atoms with Crippen molar-refractivity contribution in [2.24, 2.45) is 11.8 Å². The number of hydrogen-bond donors (Lipinski definition) is 1. The van der Waals surface area contributed by atoms with E-state index in [0.29, 0.717) is 12.1 Å². The van der Waals surface area contributed by atoms with Crippen LogP contribution in [0, 0.1) is 11.8 Å². The lowest BCUT2D eigenvalue weighted by atomic mass is 9.82. The first-order chi connectivity index (χ1) is 9.54. The molecule has 1 saturated carbocycles. The third kappa shape index (κ3) is 4.48. The van der Waals surface area contributed by atoms with Gasteiger partial charge in [-0.15, -0.1) is 0 Å². The lowest BCUT2D eigenvalue weighted by Gasteiger charge is -2.32. The second-order valence-corrected chi connectivity index (χ2v) is 6.68. The molecular formula is C17H28N2O. The first-order valence-corrected chi connectivity index (χ1v) is 7.87. The van der Waals surface area contributed by atoms with Gasteiger partial charge in [-0.05, 0) is 37.2 Å². The Bertz CT molecular complexity index is 409. The summed E-state index contributed by atoms with van der Waals surface area (Å²) in [7, 11) is 0. The Hall–Kier alpha value is -1.09. The first kappa shape index (κ1) is 15.3. The molecule has 112 valence electrons. The maximum atomic E-state index is 6.26. The number of nitrogens with one attached hydrogen (secondary N) is 1. The largest absolute Gasteiger partial charge is 0.488 e. The molecule has 0 aliphatic heterocycles. The van der Waals surface area contributed by atoms with E-state index in [0.717, 1.165) is 37.0 Å². The summed E-state index contributed by atoms with van der Waals surface area (Å²) in [5, 5.41) is 3.45. The molecule has 0 amide bonds. The van der Waals surface area contributed by atoms with E-state index in [2.05, 4.69) is 44.1 Å². The van der Waals surface area contributed by atoms with E-state index >= 15 is 0 Å². The fourth-order valence-corrected chi connectivity index (χ4v) is 3.12. The van der Waals surface area contributed by atoms with E-state index in [4.69, 9.17) is 4.74 Å². The van der Waals surface area contributed by atoms with E-state index in [1.54, 1.807) is 0 Å². The Balaban J connectivity index is 2.01. The van der Waals surface area contributed by atoms with Gasteiger partial charge in [-0.2, -0.15) is 0 Å². The lowest BCUT2D eigenvalue weighted by molar-refractivity contribution is 0.0995. The fourth-order valence-electron chi connectivity index (χ4n) is 3.12. The van der Waals surface area contributed by atoms with Crippen LogP contribution in [0.3, 0.4) is 0 Å².